The SMILES string of the molecule is C[C@H](CCCC(C)(C)O)C1CCC2C3=CC=C4CC(O)CC[C@@]4(C)[C@@H]3CC[C@@]21C. The maximum absolute atomic E-state index is 10.2. The van der Waals surface area contributed by atoms with Gasteiger partial charge in [-0.05, 0) is 99.7 Å². The van der Waals surface area contributed by atoms with Gasteiger partial charge in [0.25, 0.3) is 0 Å². The van der Waals surface area contributed by atoms with Crippen molar-refractivity contribution in [1.29, 1.82) is 0 Å². The van der Waals surface area contributed by atoms with Crippen LogP contribution in [0.2, 0.25) is 0 Å². The Balaban J connectivity index is 1.51. The van der Waals surface area contributed by atoms with Crippen molar-refractivity contribution in [3.05, 3.63) is 23.3 Å². The Morgan fingerprint density at radius 3 is 2.55 bits per heavy atom. The van der Waals surface area contributed by atoms with Crippen LogP contribution in [0.3, 0.4) is 0 Å². The molecule has 4 rings (SSSR count). The Labute approximate surface area is 178 Å². The molecule has 3 fully saturated rings. The highest BCUT2D eigenvalue weighted by Crippen LogP contribution is 2.66. The van der Waals surface area contributed by atoms with Gasteiger partial charge in [-0.2, -0.15) is 0 Å². The molecule has 2 N–H and O–H groups in total. The summed E-state index contributed by atoms with van der Waals surface area (Å²) in [5, 5.41) is 20.3. The Hall–Kier alpha value is -0.600. The van der Waals surface area contributed by atoms with Gasteiger partial charge in [0.2, 0.25) is 0 Å². The summed E-state index contributed by atoms with van der Waals surface area (Å²) in [5.74, 6) is 3.03. The lowest BCUT2D eigenvalue weighted by molar-refractivity contribution is 0.0298. The lowest BCUT2D eigenvalue weighted by atomic mass is 9.50. The van der Waals surface area contributed by atoms with E-state index >= 15 is 0 Å². The number of aliphatic hydroxyl groups excluding tert-OH is 1. The summed E-state index contributed by atoms with van der Waals surface area (Å²) in [6.45, 7) is 11.5. The topological polar surface area (TPSA) is 40.5 Å². The molecule has 0 heterocycles. The smallest absolute Gasteiger partial charge is 0.0591 e. The Morgan fingerprint density at radius 2 is 1.83 bits per heavy atom. The van der Waals surface area contributed by atoms with E-state index < -0.39 is 5.60 Å². The lowest BCUT2D eigenvalue weighted by Gasteiger charge is -2.55. The van der Waals surface area contributed by atoms with Crippen molar-refractivity contribution in [3.8, 4) is 0 Å². The van der Waals surface area contributed by atoms with Crippen LogP contribution in [-0.4, -0.2) is 21.9 Å². The lowest BCUT2D eigenvalue weighted by Crippen LogP contribution is -2.46. The number of fused-ring (bicyclic) bond motifs is 5. The molecule has 0 aromatic rings. The second-order valence-electron chi connectivity index (χ2n) is 12.2. The minimum Gasteiger partial charge on any atom is -0.393 e. The molecule has 4 aliphatic carbocycles. The van der Waals surface area contributed by atoms with Crippen molar-refractivity contribution >= 4 is 0 Å². The molecule has 0 aromatic heterocycles. The summed E-state index contributed by atoms with van der Waals surface area (Å²) in [6, 6.07) is 0. The number of hydrogen-bond donors (Lipinski definition) is 2. The molecule has 164 valence electrons. The molecule has 0 saturated heterocycles. The maximum Gasteiger partial charge on any atom is 0.0591 e. The van der Waals surface area contributed by atoms with Crippen molar-refractivity contribution in [3.63, 3.8) is 0 Å². The highest BCUT2D eigenvalue weighted by Gasteiger charge is 2.56. The van der Waals surface area contributed by atoms with E-state index in [1.165, 1.54) is 37.7 Å². The third-order valence-corrected chi connectivity index (χ3v) is 9.75. The fourth-order valence-electron chi connectivity index (χ4n) is 8.02. The van der Waals surface area contributed by atoms with E-state index in [1.54, 1.807) is 5.57 Å². The van der Waals surface area contributed by atoms with Crippen molar-refractivity contribution < 1.29 is 10.2 Å². The van der Waals surface area contributed by atoms with Crippen LogP contribution in [0.5, 0.6) is 0 Å². The first-order valence-corrected chi connectivity index (χ1v) is 12.4. The molecule has 7 atom stereocenters. The molecule has 0 amide bonds. The van der Waals surface area contributed by atoms with Gasteiger partial charge in [0, 0.05) is 0 Å². The third kappa shape index (κ3) is 3.78. The van der Waals surface area contributed by atoms with Crippen molar-refractivity contribution in [2.45, 2.75) is 111 Å². The second kappa shape index (κ2) is 7.52. The average Bonchev–Trinajstić information content (AvgIpc) is 2.98. The monoisotopic (exact) mass is 400 g/mol. The number of hydrogen-bond acceptors (Lipinski definition) is 2. The molecular weight excluding hydrogens is 356 g/mol. The zero-order valence-corrected chi connectivity index (χ0v) is 19.5. The molecule has 3 unspecified atom stereocenters. The van der Waals surface area contributed by atoms with Gasteiger partial charge in [-0.1, -0.05) is 56.9 Å². The minimum atomic E-state index is -0.528. The van der Waals surface area contributed by atoms with Gasteiger partial charge in [0.15, 0.2) is 0 Å². The van der Waals surface area contributed by atoms with E-state index in [-0.39, 0.29) is 6.10 Å². The average molecular weight is 401 g/mol. The molecule has 2 nitrogen and oxygen atoms in total. The zero-order valence-electron chi connectivity index (χ0n) is 19.5. The first-order valence-electron chi connectivity index (χ1n) is 12.4. The van der Waals surface area contributed by atoms with Crippen LogP contribution < -0.4 is 0 Å². The number of allylic oxidation sites excluding steroid dienone is 3. The molecule has 0 bridgehead atoms. The quantitative estimate of drug-likeness (QED) is 0.559. The molecule has 3 saturated carbocycles. The van der Waals surface area contributed by atoms with Crippen LogP contribution in [0.1, 0.15) is 98.8 Å². The standard InChI is InChI=1S/C27H44O2/c1-18(7-6-14-25(2,3)29)22-10-11-23-21-9-8-19-17-20(28)12-15-26(19,4)24(21)13-16-27(22,23)5/h8-9,18,20,22-24,28-29H,6-7,10-17H2,1-5H3/t18-,20?,22?,23?,24-,26-,27-/m1/s1. The molecule has 0 aliphatic heterocycles. The van der Waals surface area contributed by atoms with Gasteiger partial charge in [0.05, 0.1) is 11.7 Å². The van der Waals surface area contributed by atoms with Crippen LogP contribution in [0.25, 0.3) is 0 Å². The van der Waals surface area contributed by atoms with E-state index in [4.69, 9.17) is 0 Å². The predicted octanol–water partition coefficient (Wildman–Crippen LogP) is 6.42. The summed E-state index contributed by atoms with van der Waals surface area (Å²) in [5.41, 5.74) is 3.49. The molecule has 0 aromatic carbocycles. The van der Waals surface area contributed by atoms with Crippen molar-refractivity contribution in [1.82, 2.24) is 0 Å². The van der Waals surface area contributed by atoms with Crippen LogP contribution in [0.15, 0.2) is 23.3 Å². The first-order chi connectivity index (χ1) is 13.5. The van der Waals surface area contributed by atoms with Crippen LogP contribution >= 0.6 is 0 Å². The van der Waals surface area contributed by atoms with Gasteiger partial charge in [-0.3, -0.25) is 0 Å². The van der Waals surface area contributed by atoms with Gasteiger partial charge in [0.1, 0.15) is 0 Å². The minimum absolute atomic E-state index is 0.126. The highest BCUT2D eigenvalue weighted by molar-refractivity contribution is 5.38. The van der Waals surface area contributed by atoms with Crippen molar-refractivity contribution in [2.75, 3.05) is 0 Å². The normalized spacial score (nSPS) is 43.0. The largest absolute Gasteiger partial charge is 0.393 e. The second-order valence-corrected chi connectivity index (χ2v) is 12.2. The van der Waals surface area contributed by atoms with E-state index in [0.29, 0.717) is 16.7 Å². The summed E-state index contributed by atoms with van der Waals surface area (Å²) >= 11 is 0. The van der Waals surface area contributed by atoms with E-state index in [0.717, 1.165) is 49.9 Å². The van der Waals surface area contributed by atoms with Gasteiger partial charge < -0.3 is 10.2 Å². The summed E-state index contributed by atoms with van der Waals surface area (Å²) in [4.78, 5) is 0. The first kappa shape index (κ1) is 21.6. The fourth-order valence-corrected chi connectivity index (χ4v) is 8.02. The number of rotatable bonds is 5. The molecular formula is C27H44O2. The van der Waals surface area contributed by atoms with Gasteiger partial charge in [-0.15, -0.1) is 0 Å². The molecule has 0 radical (unpaired) electrons. The molecule has 2 heteroatoms. The van der Waals surface area contributed by atoms with Crippen LogP contribution in [0, 0.1) is 34.5 Å². The molecule has 4 aliphatic rings. The predicted molar refractivity (Wildman–Crippen MR) is 120 cm³/mol. The maximum atomic E-state index is 10.2. The Morgan fingerprint density at radius 1 is 1.07 bits per heavy atom. The zero-order chi connectivity index (χ0) is 21.0. The molecule has 0 spiro atoms. The summed E-state index contributed by atoms with van der Waals surface area (Å²) < 4.78 is 0. The van der Waals surface area contributed by atoms with Gasteiger partial charge >= 0.3 is 0 Å². The third-order valence-electron chi connectivity index (χ3n) is 9.75. The van der Waals surface area contributed by atoms with E-state index in [2.05, 4.69) is 32.9 Å². The van der Waals surface area contributed by atoms with Crippen molar-refractivity contribution in [2.24, 2.45) is 34.5 Å². The molecule has 29 heavy (non-hydrogen) atoms. The highest BCUT2D eigenvalue weighted by atomic mass is 16.3. The van der Waals surface area contributed by atoms with Crippen LogP contribution in [-0.2, 0) is 0 Å². The van der Waals surface area contributed by atoms with E-state index in [1.807, 2.05) is 13.8 Å². The Kier molecular flexibility index (Phi) is 5.61. The van der Waals surface area contributed by atoms with E-state index in [9.17, 15) is 10.2 Å². The summed E-state index contributed by atoms with van der Waals surface area (Å²) in [6.07, 6.45) is 16.5. The van der Waals surface area contributed by atoms with Gasteiger partial charge in [-0.25, -0.2) is 0 Å². The van der Waals surface area contributed by atoms with Crippen LogP contribution in [0.4, 0.5) is 0 Å². The summed E-state index contributed by atoms with van der Waals surface area (Å²) in [7, 11) is 0. The number of aliphatic hydroxyl groups is 2. The fraction of sp³-hybridized carbons (Fsp3) is 0.852. The Bertz CT molecular complexity index is 683.